The molecule has 0 unspecified atom stereocenters. The highest BCUT2D eigenvalue weighted by Crippen LogP contribution is 2.18. The minimum absolute atomic E-state index is 0.0816. The monoisotopic (exact) mass is 294 g/mol. The molecule has 0 aliphatic rings. The third kappa shape index (κ3) is 3.85. The number of nitrogens with one attached hydrogen (secondary N) is 2. The van der Waals surface area contributed by atoms with E-state index in [2.05, 4.69) is 10.0 Å². The van der Waals surface area contributed by atoms with Crippen molar-refractivity contribution in [1.82, 2.24) is 5.32 Å². The second-order valence-corrected chi connectivity index (χ2v) is 6.34. The molecule has 1 aromatic heterocycles. The lowest BCUT2D eigenvalue weighted by molar-refractivity contribution is 0.396. The first-order chi connectivity index (χ1) is 9.47. The number of hydrogen-bond donors (Lipinski definition) is 2. The van der Waals surface area contributed by atoms with Crippen molar-refractivity contribution in [2.75, 3.05) is 4.72 Å². The average molecular weight is 294 g/mol. The van der Waals surface area contributed by atoms with Crippen molar-refractivity contribution in [1.29, 1.82) is 0 Å². The van der Waals surface area contributed by atoms with Gasteiger partial charge in [-0.1, -0.05) is 32.0 Å². The first kappa shape index (κ1) is 14.6. The van der Waals surface area contributed by atoms with Crippen LogP contribution in [0.4, 0.5) is 5.69 Å². The molecule has 2 aromatic rings. The standard InChI is InChI=1S/C14H18N2O3S/c1-11(2)15-10-13-8-9-14(19-13)20(17,18)16-12-6-4-3-5-7-12/h3-9,11,15-16H,10H2,1-2H3. The molecule has 0 spiro atoms. The minimum Gasteiger partial charge on any atom is -0.446 e. The first-order valence-electron chi connectivity index (χ1n) is 6.37. The molecular formula is C14H18N2O3S. The molecular weight excluding hydrogens is 276 g/mol. The van der Waals surface area contributed by atoms with Gasteiger partial charge in [-0.05, 0) is 24.3 Å². The fourth-order valence-corrected chi connectivity index (χ4v) is 2.62. The number of hydrogen-bond acceptors (Lipinski definition) is 4. The molecule has 0 fully saturated rings. The largest absolute Gasteiger partial charge is 0.446 e. The summed E-state index contributed by atoms with van der Waals surface area (Å²) in [6.45, 7) is 4.52. The Morgan fingerprint density at radius 2 is 1.80 bits per heavy atom. The Bertz CT molecular complexity index is 648. The molecule has 6 heteroatoms. The third-order valence-corrected chi connectivity index (χ3v) is 3.87. The van der Waals surface area contributed by atoms with Gasteiger partial charge in [-0.25, -0.2) is 0 Å². The maximum absolute atomic E-state index is 12.1. The quantitative estimate of drug-likeness (QED) is 0.859. The van der Waals surface area contributed by atoms with E-state index >= 15 is 0 Å². The third-order valence-electron chi connectivity index (χ3n) is 2.61. The predicted octanol–water partition coefficient (Wildman–Crippen LogP) is 2.58. The van der Waals surface area contributed by atoms with Crippen molar-refractivity contribution in [2.45, 2.75) is 31.5 Å². The Kier molecular flexibility index (Phi) is 4.46. The van der Waals surface area contributed by atoms with Gasteiger partial charge < -0.3 is 9.73 Å². The van der Waals surface area contributed by atoms with E-state index in [0.29, 0.717) is 24.0 Å². The maximum Gasteiger partial charge on any atom is 0.295 e. The molecule has 5 nitrogen and oxygen atoms in total. The van der Waals surface area contributed by atoms with E-state index in [1.807, 2.05) is 19.9 Å². The van der Waals surface area contributed by atoms with Gasteiger partial charge in [-0.3, -0.25) is 4.72 Å². The summed E-state index contributed by atoms with van der Waals surface area (Å²) in [6.07, 6.45) is 0. The summed E-state index contributed by atoms with van der Waals surface area (Å²) in [5, 5.41) is 3.09. The van der Waals surface area contributed by atoms with Gasteiger partial charge in [0.05, 0.1) is 6.54 Å². The SMILES string of the molecule is CC(C)NCc1ccc(S(=O)(=O)Nc2ccccc2)o1. The predicted molar refractivity (Wildman–Crippen MR) is 77.9 cm³/mol. The summed E-state index contributed by atoms with van der Waals surface area (Å²) in [4.78, 5) is 0. The van der Waals surface area contributed by atoms with E-state index in [-0.39, 0.29) is 5.09 Å². The lowest BCUT2D eigenvalue weighted by atomic mass is 10.3. The Hall–Kier alpha value is -1.79. The fourth-order valence-electron chi connectivity index (χ4n) is 1.61. The molecule has 0 amide bonds. The van der Waals surface area contributed by atoms with Gasteiger partial charge in [0.25, 0.3) is 10.0 Å². The topological polar surface area (TPSA) is 71.3 Å². The zero-order valence-corrected chi connectivity index (χ0v) is 12.3. The average Bonchev–Trinajstić information content (AvgIpc) is 2.86. The normalized spacial score (nSPS) is 11.8. The Morgan fingerprint density at radius 3 is 2.45 bits per heavy atom. The van der Waals surface area contributed by atoms with Gasteiger partial charge in [-0.2, -0.15) is 8.42 Å². The molecule has 0 saturated heterocycles. The van der Waals surface area contributed by atoms with Crippen LogP contribution in [0, 0.1) is 0 Å². The molecule has 0 saturated carbocycles. The zero-order valence-electron chi connectivity index (χ0n) is 11.5. The number of para-hydroxylation sites is 1. The van der Waals surface area contributed by atoms with Crippen LogP contribution in [-0.4, -0.2) is 14.5 Å². The Morgan fingerprint density at radius 1 is 1.10 bits per heavy atom. The molecule has 2 rings (SSSR count). The molecule has 108 valence electrons. The molecule has 20 heavy (non-hydrogen) atoms. The summed E-state index contributed by atoms with van der Waals surface area (Å²) in [5.41, 5.74) is 0.505. The van der Waals surface area contributed by atoms with Crippen LogP contribution in [0.5, 0.6) is 0 Å². The van der Waals surface area contributed by atoms with Gasteiger partial charge in [0.15, 0.2) is 0 Å². The van der Waals surface area contributed by atoms with E-state index in [4.69, 9.17) is 4.42 Å². The smallest absolute Gasteiger partial charge is 0.295 e. The summed E-state index contributed by atoms with van der Waals surface area (Å²) in [5.74, 6) is 0.590. The summed E-state index contributed by atoms with van der Waals surface area (Å²) < 4.78 is 32.1. The first-order valence-corrected chi connectivity index (χ1v) is 7.85. The summed E-state index contributed by atoms with van der Waals surface area (Å²) >= 11 is 0. The molecule has 0 aliphatic heterocycles. The van der Waals surface area contributed by atoms with Crippen molar-refractivity contribution in [3.63, 3.8) is 0 Å². The van der Waals surface area contributed by atoms with Crippen LogP contribution in [0.3, 0.4) is 0 Å². The van der Waals surface area contributed by atoms with Crippen LogP contribution in [0.1, 0.15) is 19.6 Å². The van der Waals surface area contributed by atoms with Gasteiger partial charge >= 0.3 is 0 Å². The van der Waals surface area contributed by atoms with Crippen molar-refractivity contribution in [3.05, 3.63) is 48.2 Å². The van der Waals surface area contributed by atoms with E-state index in [1.54, 1.807) is 30.3 Å². The second kappa shape index (κ2) is 6.11. The lowest BCUT2D eigenvalue weighted by Crippen LogP contribution is -2.21. The Labute approximate surface area is 119 Å². The van der Waals surface area contributed by atoms with E-state index < -0.39 is 10.0 Å². The van der Waals surface area contributed by atoms with E-state index in [1.165, 1.54) is 6.07 Å². The van der Waals surface area contributed by atoms with Crippen LogP contribution in [-0.2, 0) is 16.6 Å². The molecule has 1 heterocycles. The Balaban J connectivity index is 2.10. The highest BCUT2D eigenvalue weighted by Gasteiger charge is 2.18. The number of rotatable bonds is 6. The molecule has 1 aromatic carbocycles. The molecule has 0 atom stereocenters. The number of furan rings is 1. The molecule has 0 aliphatic carbocycles. The van der Waals surface area contributed by atoms with Crippen LogP contribution < -0.4 is 10.0 Å². The van der Waals surface area contributed by atoms with Crippen molar-refractivity contribution in [3.8, 4) is 0 Å². The lowest BCUT2D eigenvalue weighted by Gasteiger charge is -2.06. The van der Waals surface area contributed by atoms with Gasteiger partial charge in [0.1, 0.15) is 5.76 Å². The van der Waals surface area contributed by atoms with Crippen LogP contribution in [0.15, 0.2) is 52.0 Å². The molecule has 0 radical (unpaired) electrons. The van der Waals surface area contributed by atoms with Crippen molar-refractivity contribution >= 4 is 15.7 Å². The number of anilines is 1. The van der Waals surface area contributed by atoms with Crippen LogP contribution >= 0.6 is 0 Å². The maximum atomic E-state index is 12.1. The summed E-state index contributed by atoms with van der Waals surface area (Å²) in [6, 6.07) is 12.1. The van der Waals surface area contributed by atoms with E-state index in [9.17, 15) is 8.42 Å². The van der Waals surface area contributed by atoms with Crippen LogP contribution in [0.25, 0.3) is 0 Å². The van der Waals surface area contributed by atoms with Crippen molar-refractivity contribution < 1.29 is 12.8 Å². The zero-order chi connectivity index (χ0) is 14.6. The highest BCUT2D eigenvalue weighted by atomic mass is 32.2. The van der Waals surface area contributed by atoms with Crippen LogP contribution in [0.2, 0.25) is 0 Å². The number of benzene rings is 1. The van der Waals surface area contributed by atoms with Gasteiger partial charge in [-0.15, -0.1) is 0 Å². The minimum atomic E-state index is -3.68. The van der Waals surface area contributed by atoms with Gasteiger partial charge in [0.2, 0.25) is 5.09 Å². The van der Waals surface area contributed by atoms with Gasteiger partial charge in [0, 0.05) is 11.7 Å². The summed E-state index contributed by atoms with van der Waals surface area (Å²) in [7, 11) is -3.68. The fraction of sp³-hybridized carbons (Fsp3) is 0.286. The molecule has 0 bridgehead atoms. The second-order valence-electron chi connectivity index (χ2n) is 4.73. The van der Waals surface area contributed by atoms with E-state index in [0.717, 1.165) is 0 Å². The highest BCUT2D eigenvalue weighted by molar-refractivity contribution is 7.92. The molecule has 2 N–H and O–H groups in total. The van der Waals surface area contributed by atoms with Crippen molar-refractivity contribution in [2.24, 2.45) is 0 Å². The number of sulfonamides is 1.